The Morgan fingerprint density at radius 2 is 1.66 bits per heavy atom. The molecule has 0 spiro atoms. The lowest BCUT2D eigenvalue weighted by atomic mass is 9.95. The molecule has 1 aromatic heterocycles. The van der Waals surface area contributed by atoms with Gasteiger partial charge in [0.2, 0.25) is 0 Å². The second-order valence-electron chi connectivity index (χ2n) is 10.3. The summed E-state index contributed by atoms with van der Waals surface area (Å²) in [6.45, 7) is 8.41. The molecule has 1 atom stereocenters. The predicted octanol–water partition coefficient (Wildman–Crippen LogP) is 6.08. The fourth-order valence-electron chi connectivity index (χ4n) is 5.17. The largest absolute Gasteiger partial charge is 0.493 e. The lowest BCUT2D eigenvalue weighted by Gasteiger charge is -2.26. The van der Waals surface area contributed by atoms with Gasteiger partial charge in [-0.15, -0.1) is 0 Å². The molecule has 0 unspecified atom stereocenters. The number of ether oxygens (including phenoxy) is 5. The lowest BCUT2D eigenvalue weighted by Crippen LogP contribution is -2.40. The minimum Gasteiger partial charge on any atom is -0.493 e. The minimum atomic E-state index is -0.854. The number of methoxy groups -OCH3 is 1. The van der Waals surface area contributed by atoms with Gasteiger partial charge in [0.25, 0.3) is 5.56 Å². The Labute approximate surface area is 283 Å². The van der Waals surface area contributed by atoms with E-state index in [2.05, 4.69) is 20.9 Å². The van der Waals surface area contributed by atoms with E-state index in [-0.39, 0.29) is 30.2 Å². The highest BCUT2D eigenvalue weighted by molar-refractivity contribution is 9.10. The molecule has 0 bridgehead atoms. The van der Waals surface area contributed by atoms with Crippen LogP contribution in [0.5, 0.6) is 23.0 Å². The molecular formula is C35H34BrFN2O7S. The van der Waals surface area contributed by atoms with Crippen molar-refractivity contribution < 1.29 is 32.9 Å². The monoisotopic (exact) mass is 724 g/mol. The zero-order valence-electron chi connectivity index (χ0n) is 26.6. The number of allylic oxidation sites excluding steroid dienone is 1. The van der Waals surface area contributed by atoms with E-state index in [1.54, 1.807) is 56.3 Å². The first-order valence-corrected chi connectivity index (χ1v) is 16.6. The number of fused-ring (bicyclic) bond motifs is 1. The number of benzene rings is 3. The van der Waals surface area contributed by atoms with Crippen LogP contribution < -0.4 is 33.8 Å². The molecule has 5 rings (SSSR count). The van der Waals surface area contributed by atoms with Crippen molar-refractivity contribution in [3.05, 3.63) is 113 Å². The van der Waals surface area contributed by atoms with Crippen molar-refractivity contribution in [2.45, 2.75) is 40.3 Å². The summed E-state index contributed by atoms with van der Waals surface area (Å²) >= 11 is 4.86. The molecule has 0 aliphatic carbocycles. The van der Waals surface area contributed by atoms with Gasteiger partial charge in [-0.1, -0.05) is 45.5 Å². The summed E-state index contributed by atoms with van der Waals surface area (Å²) in [6.07, 6.45) is 1.75. The molecule has 3 aromatic carbocycles. The topological polar surface area (TPSA) is 97.6 Å². The van der Waals surface area contributed by atoms with E-state index in [4.69, 9.17) is 23.7 Å². The molecule has 12 heteroatoms. The number of thiazole rings is 1. The van der Waals surface area contributed by atoms with Crippen LogP contribution in [-0.2, 0) is 16.1 Å². The summed E-state index contributed by atoms with van der Waals surface area (Å²) in [5, 5.41) is 0. The van der Waals surface area contributed by atoms with Gasteiger partial charge in [0, 0.05) is 4.47 Å². The SMILES string of the molecule is CCOC(=O)C1=C(C)N=c2s/c(=C/c3ccc(OCc4ccc(F)cc4)c(OCC)c3)c(=O)n2[C@H]1c1cc(OC)c(OCC)cc1Br. The number of aromatic nitrogens is 1. The van der Waals surface area contributed by atoms with Crippen LogP contribution in [0.3, 0.4) is 0 Å². The Bertz CT molecular complexity index is 2000. The van der Waals surface area contributed by atoms with Gasteiger partial charge in [-0.2, -0.15) is 0 Å². The van der Waals surface area contributed by atoms with Gasteiger partial charge in [-0.05, 0) is 86.9 Å². The summed E-state index contributed by atoms with van der Waals surface area (Å²) in [6, 6.07) is 14.1. The van der Waals surface area contributed by atoms with Gasteiger partial charge in [0.1, 0.15) is 12.4 Å². The van der Waals surface area contributed by atoms with E-state index in [1.165, 1.54) is 35.1 Å². The molecule has 0 amide bonds. The summed E-state index contributed by atoms with van der Waals surface area (Å²) in [4.78, 5) is 32.6. The van der Waals surface area contributed by atoms with E-state index < -0.39 is 12.0 Å². The third-order valence-electron chi connectivity index (χ3n) is 7.27. The zero-order chi connectivity index (χ0) is 33.7. The van der Waals surface area contributed by atoms with Crippen molar-refractivity contribution in [1.29, 1.82) is 0 Å². The molecule has 47 heavy (non-hydrogen) atoms. The maximum Gasteiger partial charge on any atom is 0.338 e. The van der Waals surface area contributed by atoms with Crippen molar-refractivity contribution in [1.82, 2.24) is 4.57 Å². The van der Waals surface area contributed by atoms with Gasteiger partial charge in [0.05, 0.1) is 48.8 Å². The standard InChI is InChI=1S/C35H34BrFN2O7S/c1-6-43-28-15-22(11-14-26(28)46-19-21-9-12-23(37)13-10-21)16-30-33(40)39-32(24-17-27(42-5)29(44-7-2)18-25(24)36)31(34(41)45-8-3)20(4)38-35(39)47-30/h9-18,32H,6-8,19H2,1-5H3/b30-16+/t32-/m0/s1. The Hall–Kier alpha value is -4.42. The van der Waals surface area contributed by atoms with Crippen LogP contribution in [0.1, 0.15) is 50.4 Å². The molecule has 1 aliphatic heterocycles. The van der Waals surface area contributed by atoms with Crippen molar-refractivity contribution >= 4 is 39.3 Å². The van der Waals surface area contributed by atoms with Gasteiger partial charge >= 0.3 is 5.97 Å². The molecule has 1 aliphatic rings. The Balaban J connectivity index is 1.60. The van der Waals surface area contributed by atoms with Crippen LogP contribution in [0.15, 0.2) is 80.1 Å². The van der Waals surface area contributed by atoms with Crippen LogP contribution in [0.4, 0.5) is 4.39 Å². The number of hydrogen-bond acceptors (Lipinski definition) is 9. The Morgan fingerprint density at radius 3 is 2.32 bits per heavy atom. The van der Waals surface area contributed by atoms with Gasteiger partial charge < -0.3 is 23.7 Å². The summed E-state index contributed by atoms with van der Waals surface area (Å²) in [5.41, 5.74) is 2.48. The first-order valence-electron chi connectivity index (χ1n) is 15.0. The fraction of sp³-hybridized carbons (Fsp3) is 0.286. The zero-order valence-corrected chi connectivity index (χ0v) is 29.0. The molecule has 2 heterocycles. The van der Waals surface area contributed by atoms with Crippen molar-refractivity contribution in [2.75, 3.05) is 26.9 Å². The average Bonchev–Trinajstić information content (AvgIpc) is 3.35. The fourth-order valence-corrected chi connectivity index (χ4v) is 6.75. The number of halogens is 2. The maximum absolute atomic E-state index is 14.2. The van der Waals surface area contributed by atoms with Crippen LogP contribution in [0.2, 0.25) is 0 Å². The van der Waals surface area contributed by atoms with E-state index in [9.17, 15) is 14.0 Å². The maximum atomic E-state index is 14.2. The van der Waals surface area contributed by atoms with Crippen molar-refractivity contribution in [2.24, 2.45) is 4.99 Å². The molecule has 0 saturated carbocycles. The van der Waals surface area contributed by atoms with Crippen molar-refractivity contribution in [3.8, 4) is 23.0 Å². The molecule has 9 nitrogen and oxygen atoms in total. The summed E-state index contributed by atoms with van der Waals surface area (Å²) in [7, 11) is 1.53. The molecule has 4 aromatic rings. The number of esters is 1. The van der Waals surface area contributed by atoms with Gasteiger partial charge in [0.15, 0.2) is 27.8 Å². The van der Waals surface area contributed by atoms with E-state index >= 15 is 0 Å². The predicted molar refractivity (Wildman–Crippen MR) is 181 cm³/mol. The highest BCUT2D eigenvalue weighted by atomic mass is 79.9. The molecule has 246 valence electrons. The third-order valence-corrected chi connectivity index (χ3v) is 8.94. The molecule has 0 saturated heterocycles. The quantitative estimate of drug-likeness (QED) is 0.163. The molecule has 0 radical (unpaired) electrons. The lowest BCUT2D eigenvalue weighted by molar-refractivity contribution is -0.139. The summed E-state index contributed by atoms with van der Waals surface area (Å²) in [5.74, 6) is 1.11. The molecular weight excluding hydrogens is 691 g/mol. The normalized spacial score (nSPS) is 14.4. The van der Waals surface area contributed by atoms with E-state index in [1.807, 2.05) is 19.9 Å². The molecule has 0 fully saturated rings. The Kier molecular flexibility index (Phi) is 10.8. The highest BCUT2D eigenvalue weighted by Gasteiger charge is 2.35. The second-order valence-corrected chi connectivity index (χ2v) is 12.2. The van der Waals surface area contributed by atoms with Gasteiger partial charge in [-0.25, -0.2) is 14.2 Å². The highest BCUT2D eigenvalue weighted by Crippen LogP contribution is 2.41. The molecule has 0 N–H and O–H groups in total. The number of carbonyl (C=O) groups excluding carboxylic acids is 1. The average molecular weight is 726 g/mol. The second kappa shape index (κ2) is 15.0. The number of carbonyl (C=O) groups is 1. The van der Waals surface area contributed by atoms with Crippen molar-refractivity contribution in [3.63, 3.8) is 0 Å². The first kappa shape index (κ1) is 33.9. The minimum absolute atomic E-state index is 0.159. The van der Waals surface area contributed by atoms with E-state index in [0.717, 1.165) is 5.56 Å². The number of nitrogens with zero attached hydrogens (tertiary/aromatic N) is 2. The third kappa shape index (κ3) is 7.28. The van der Waals surface area contributed by atoms with Crippen LogP contribution >= 0.6 is 27.3 Å². The number of rotatable bonds is 12. The van der Waals surface area contributed by atoms with Crippen LogP contribution in [0.25, 0.3) is 6.08 Å². The van der Waals surface area contributed by atoms with Crippen LogP contribution in [-0.4, -0.2) is 37.5 Å². The smallest absolute Gasteiger partial charge is 0.338 e. The first-order chi connectivity index (χ1) is 22.7. The van der Waals surface area contributed by atoms with Gasteiger partial charge in [-0.3, -0.25) is 9.36 Å². The van der Waals surface area contributed by atoms with E-state index in [0.29, 0.717) is 66.8 Å². The number of hydrogen-bond donors (Lipinski definition) is 0. The van der Waals surface area contributed by atoms with Crippen LogP contribution in [0, 0.1) is 5.82 Å². The summed E-state index contributed by atoms with van der Waals surface area (Å²) < 4.78 is 44.5. The Morgan fingerprint density at radius 1 is 0.957 bits per heavy atom.